The second-order valence-corrected chi connectivity index (χ2v) is 6.35. The van der Waals surface area contributed by atoms with Crippen molar-refractivity contribution in [2.45, 2.75) is 19.3 Å². The molecule has 0 aliphatic carbocycles. The summed E-state index contributed by atoms with van der Waals surface area (Å²) in [6, 6.07) is 15.1. The van der Waals surface area contributed by atoms with Crippen molar-refractivity contribution in [1.82, 2.24) is 15.5 Å². The van der Waals surface area contributed by atoms with E-state index in [1.807, 2.05) is 42.5 Å². The second-order valence-electron chi connectivity index (χ2n) is 5.94. The molecule has 0 fully saturated rings. The molecule has 140 valence electrons. The topological polar surface area (TPSA) is 77.2 Å². The monoisotopic (exact) mass is 385 g/mol. The minimum atomic E-state index is -0.0546. The number of amides is 1. The van der Waals surface area contributed by atoms with Gasteiger partial charge in [0, 0.05) is 24.9 Å². The fourth-order valence-corrected chi connectivity index (χ4v) is 2.78. The molecule has 0 aliphatic rings. The summed E-state index contributed by atoms with van der Waals surface area (Å²) in [5.41, 5.74) is 1.84. The van der Waals surface area contributed by atoms with Crippen LogP contribution in [0.5, 0.6) is 5.75 Å². The first kappa shape index (κ1) is 18.9. The summed E-state index contributed by atoms with van der Waals surface area (Å²) in [4.78, 5) is 16.3. The summed E-state index contributed by atoms with van der Waals surface area (Å²) in [6.45, 7) is 0.569. The number of aromatic nitrogens is 2. The van der Waals surface area contributed by atoms with Gasteiger partial charge in [0.2, 0.25) is 17.6 Å². The highest BCUT2D eigenvalue weighted by atomic mass is 35.5. The molecule has 0 spiro atoms. The number of methoxy groups -OCH3 is 1. The number of carbonyl (C=O) groups excluding carboxylic acids is 1. The van der Waals surface area contributed by atoms with Gasteiger partial charge in [-0.1, -0.05) is 41.0 Å². The Morgan fingerprint density at radius 1 is 1.15 bits per heavy atom. The molecular formula is C20H20ClN3O3. The van der Waals surface area contributed by atoms with E-state index in [9.17, 15) is 4.79 Å². The van der Waals surface area contributed by atoms with Crippen LogP contribution >= 0.6 is 11.6 Å². The Morgan fingerprint density at radius 2 is 1.93 bits per heavy atom. The minimum absolute atomic E-state index is 0.0546. The lowest BCUT2D eigenvalue weighted by Crippen LogP contribution is -2.25. The standard InChI is InChI=1S/C20H20ClN3O3/c1-26-15-8-6-14(7-9-15)12-13-22-18(25)10-11-19-23-20(24-27-19)16-4-2-3-5-17(16)21/h2-9H,10-13H2,1H3,(H,22,25). The third-order valence-electron chi connectivity index (χ3n) is 4.04. The maximum Gasteiger partial charge on any atom is 0.227 e. The van der Waals surface area contributed by atoms with Gasteiger partial charge in [0.15, 0.2) is 0 Å². The lowest BCUT2D eigenvalue weighted by Gasteiger charge is -2.05. The van der Waals surface area contributed by atoms with Crippen molar-refractivity contribution in [1.29, 1.82) is 0 Å². The number of carbonyl (C=O) groups is 1. The molecule has 1 aromatic heterocycles. The molecule has 0 saturated carbocycles. The summed E-state index contributed by atoms with van der Waals surface area (Å²) in [6.07, 6.45) is 1.42. The predicted molar refractivity (Wildman–Crippen MR) is 103 cm³/mol. The molecule has 7 heteroatoms. The molecule has 2 aromatic carbocycles. The third kappa shape index (κ3) is 5.31. The molecule has 27 heavy (non-hydrogen) atoms. The highest BCUT2D eigenvalue weighted by molar-refractivity contribution is 6.33. The summed E-state index contributed by atoms with van der Waals surface area (Å²) in [5, 5.41) is 7.38. The molecule has 3 rings (SSSR count). The van der Waals surface area contributed by atoms with Gasteiger partial charge < -0.3 is 14.6 Å². The zero-order valence-corrected chi connectivity index (χ0v) is 15.7. The van der Waals surface area contributed by atoms with Crippen LogP contribution in [-0.2, 0) is 17.6 Å². The van der Waals surface area contributed by atoms with Gasteiger partial charge in [-0.05, 0) is 36.2 Å². The number of hydrogen-bond donors (Lipinski definition) is 1. The van der Waals surface area contributed by atoms with Gasteiger partial charge >= 0.3 is 0 Å². The molecule has 3 aromatic rings. The van der Waals surface area contributed by atoms with Crippen LogP contribution in [0.2, 0.25) is 5.02 Å². The maximum atomic E-state index is 12.0. The molecule has 1 heterocycles. The molecule has 1 N–H and O–H groups in total. The Hall–Kier alpha value is -2.86. The SMILES string of the molecule is COc1ccc(CCNC(=O)CCc2nc(-c3ccccc3Cl)no2)cc1. The minimum Gasteiger partial charge on any atom is -0.497 e. The second kappa shape index (κ2) is 9.19. The van der Waals surface area contributed by atoms with Gasteiger partial charge in [-0.25, -0.2) is 0 Å². The average Bonchev–Trinajstić information content (AvgIpc) is 3.16. The van der Waals surface area contributed by atoms with Crippen molar-refractivity contribution in [2.24, 2.45) is 0 Å². The van der Waals surface area contributed by atoms with E-state index in [4.69, 9.17) is 20.9 Å². The first-order valence-corrected chi connectivity index (χ1v) is 9.00. The number of ether oxygens (including phenoxy) is 1. The van der Waals surface area contributed by atoms with Gasteiger partial charge in [-0.15, -0.1) is 0 Å². The highest BCUT2D eigenvalue weighted by Gasteiger charge is 2.12. The van der Waals surface area contributed by atoms with Gasteiger partial charge in [-0.2, -0.15) is 4.98 Å². The van der Waals surface area contributed by atoms with E-state index >= 15 is 0 Å². The van der Waals surface area contributed by atoms with Crippen molar-refractivity contribution >= 4 is 17.5 Å². The van der Waals surface area contributed by atoms with Gasteiger partial charge in [-0.3, -0.25) is 4.79 Å². The number of halogens is 1. The molecule has 6 nitrogen and oxygen atoms in total. The van der Waals surface area contributed by atoms with Crippen LogP contribution in [0.4, 0.5) is 0 Å². The maximum absolute atomic E-state index is 12.0. The quantitative estimate of drug-likeness (QED) is 0.639. The molecule has 0 radical (unpaired) electrons. The number of aryl methyl sites for hydroxylation is 1. The predicted octanol–water partition coefficient (Wildman–Crippen LogP) is 3.69. The van der Waals surface area contributed by atoms with Crippen molar-refractivity contribution in [3.05, 3.63) is 65.0 Å². The van der Waals surface area contributed by atoms with Crippen molar-refractivity contribution in [3.63, 3.8) is 0 Å². The van der Waals surface area contributed by atoms with Crippen LogP contribution in [-0.4, -0.2) is 29.7 Å². The summed E-state index contributed by atoms with van der Waals surface area (Å²) < 4.78 is 10.3. The lowest BCUT2D eigenvalue weighted by atomic mass is 10.1. The van der Waals surface area contributed by atoms with Crippen LogP contribution in [0.15, 0.2) is 53.1 Å². The number of nitrogens with one attached hydrogen (secondary N) is 1. The van der Waals surface area contributed by atoms with E-state index in [-0.39, 0.29) is 12.3 Å². The largest absolute Gasteiger partial charge is 0.497 e. The number of benzene rings is 2. The summed E-state index contributed by atoms with van der Waals surface area (Å²) in [5.74, 6) is 1.60. The fraction of sp³-hybridized carbons (Fsp3) is 0.250. The van der Waals surface area contributed by atoms with Gasteiger partial charge in [0.1, 0.15) is 5.75 Å². The molecular weight excluding hydrogens is 366 g/mol. The van der Waals surface area contributed by atoms with E-state index in [1.165, 1.54) is 0 Å². The zero-order valence-electron chi connectivity index (χ0n) is 14.9. The van der Waals surface area contributed by atoms with E-state index in [0.29, 0.717) is 35.3 Å². The fourth-order valence-electron chi connectivity index (χ4n) is 2.56. The van der Waals surface area contributed by atoms with E-state index in [1.54, 1.807) is 13.2 Å². The Bertz CT molecular complexity index is 893. The Morgan fingerprint density at radius 3 is 2.67 bits per heavy atom. The molecule has 1 amide bonds. The van der Waals surface area contributed by atoms with E-state index in [2.05, 4.69) is 15.5 Å². The average molecular weight is 386 g/mol. The van der Waals surface area contributed by atoms with Crippen LogP contribution in [0.3, 0.4) is 0 Å². The Balaban J connectivity index is 1.43. The molecule has 0 atom stereocenters. The van der Waals surface area contributed by atoms with E-state index < -0.39 is 0 Å². The van der Waals surface area contributed by atoms with Crippen LogP contribution in [0, 0.1) is 0 Å². The van der Waals surface area contributed by atoms with Crippen molar-refractivity contribution < 1.29 is 14.1 Å². The lowest BCUT2D eigenvalue weighted by molar-refractivity contribution is -0.121. The van der Waals surface area contributed by atoms with E-state index in [0.717, 1.165) is 17.7 Å². The third-order valence-corrected chi connectivity index (χ3v) is 4.37. The number of hydrogen-bond acceptors (Lipinski definition) is 5. The van der Waals surface area contributed by atoms with Gasteiger partial charge in [0.05, 0.1) is 12.1 Å². The molecule has 0 aliphatic heterocycles. The number of rotatable bonds is 8. The summed E-state index contributed by atoms with van der Waals surface area (Å²) in [7, 11) is 1.63. The molecule has 0 unspecified atom stereocenters. The molecule has 0 bridgehead atoms. The van der Waals surface area contributed by atoms with Crippen LogP contribution in [0.25, 0.3) is 11.4 Å². The summed E-state index contributed by atoms with van der Waals surface area (Å²) >= 11 is 6.13. The van der Waals surface area contributed by atoms with Crippen molar-refractivity contribution in [3.8, 4) is 17.1 Å². The Kier molecular flexibility index (Phi) is 6.44. The normalized spacial score (nSPS) is 10.6. The first-order chi connectivity index (χ1) is 13.2. The van der Waals surface area contributed by atoms with Crippen LogP contribution in [0.1, 0.15) is 17.9 Å². The van der Waals surface area contributed by atoms with Gasteiger partial charge in [0.25, 0.3) is 0 Å². The van der Waals surface area contributed by atoms with Crippen LogP contribution < -0.4 is 10.1 Å². The highest BCUT2D eigenvalue weighted by Crippen LogP contribution is 2.25. The molecule has 0 saturated heterocycles. The first-order valence-electron chi connectivity index (χ1n) is 8.63. The Labute approximate surface area is 162 Å². The number of nitrogens with zero attached hydrogens (tertiary/aromatic N) is 2. The smallest absolute Gasteiger partial charge is 0.227 e. The zero-order chi connectivity index (χ0) is 19.1. The van der Waals surface area contributed by atoms with Crippen molar-refractivity contribution in [2.75, 3.05) is 13.7 Å².